The molecule has 1 aromatic carbocycles. The van der Waals surface area contributed by atoms with Gasteiger partial charge >= 0.3 is 0 Å². The molecule has 2 rings (SSSR count). The van der Waals surface area contributed by atoms with Gasteiger partial charge in [-0.1, -0.05) is 0 Å². The van der Waals surface area contributed by atoms with Gasteiger partial charge in [-0.05, 0) is 40.1 Å². The second-order valence-corrected chi connectivity index (χ2v) is 5.21. The molecule has 0 unspecified atom stereocenters. The van der Waals surface area contributed by atoms with Crippen LogP contribution in [0.2, 0.25) is 0 Å². The van der Waals surface area contributed by atoms with Gasteiger partial charge in [-0.2, -0.15) is 0 Å². The average Bonchev–Trinajstić information content (AvgIpc) is 2.51. The van der Waals surface area contributed by atoms with Gasteiger partial charge in [-0.3, -0.25) is 10.1 Å². The molecule has 0 atom stereocenters. The molecule has 1 aromatic heterocycles. The smallest absolute Gasteiger partial charge is 0.258 e. The minimum atomic E-state index is -0.381. The maximum atomic E-state index is 10.8. The van der Waals surface area contributed by atoms with E-state index in [4.69, 9.17) is 0 Å². The number of rotatable bonds is 1. The minimum Gasteiger partial charge on any atom is -0.258 e. The number of nitrogens with zero attached hydrogens (tertiary/aromatic N) is 1. The first kappa shape index (κ1) is 10.2. The Balaban J connectivity index is 2.93. The molecule has 72 valence electrons. The maximum Gasteiger partial charge on any atom is 0.291 e. The molecule has 14 heavy (non-hydrogen) atoms. The monoisotopic (exact) mass is 337 g/mol. The molecule has 6 heteroatoms. The van der Waals surface area contributed by atoms with Crippen molar-refractivity contribution in [2.45, 2.75) is 4.90 Å². The summed E-state index contributed by atoms with van der Waals surface area (Å²) in [7, 11) is 0. The number of benzene rings is 1. The molecule has 1 heterocycles. The van der Waals surface area contributed by atoms with Crippen LogP contribution < -0.4 is 0 Å². The molecule has 2 aromatic rings. The highest BCUT2D eigenvalue weighted by Crippen LogP contribution is 2.37. The van der Waals surface area contributed by atoms with Gasteiger partial charge in [0.05, 0.1) is 19.9 Å². The summed E-state index contributed by atoms with van der Waals surface area (Å²) < 4.78 is 1.96. The van der Waals surface area contributed by atoms with E-state index in [1.54, 1.807) is 12.1 Å². The number of nitro benzene ring substituents is 1. The molecule has 0 amide bonds. The molecular formula is C8H4INO2S2. The fourth-order valence-electron chi connectivity index (χ4n) is 1.26. The maximum absolute atomic E-state index is 10.8. The zero-order valence-corrected chi connectivity index (χ0v) is 10.6. The lowest BCUT2D eigenvalue weighted by atomic mass is 10.2. The first-order valence-corrected chi connectivity index (χ1v) is 6.05. The molecule has 0 spiro atoms. The standard InChI is InChI=1S/C8H4INO2S2/c9-5-3-6(13)7(10(11)12)4-1-2-14-8(4)5/h1-3,13H. The van der Waals surface area contributed by atoms with Crippen LogP contribution in [0.1, 0.15) is 0 Å². The molecule has 0 aliphatic carbocycles. The number of hydrogen-bond donors (Lipinski definition) is 1. The van der Waals surface area contributed by atoms with Crippen LogP contribution in [0.5, 0.6) is 0 Å². The van der Waals surface area contributed by atoms with Crippen LogP contribution in [0.15, 0.2) is 22.4 Å². The highest BCUT2D eigenvalue weighted by Gasteiger charge is 2.18. The normalized spacial score (nSPS) is 10.7. The van der Waals surface area contributed by atoms with Crippen LogP contribution in [-0.2, 0) is 0 Å². The van der Waals surface area contributed by atoms with Gasteiger partial charge in [0.15, 0.2) is 0 Å². The molecule has 0 saturated heterocycles. The fourth-order valence-corrected chi connectivity index (χ4v) is 3.63. The van der Waals surface area contributed by atoms with Crippen molar-refractivity contribution in [1.82, 2.24) is 0 Å². The second-order valence-electron chi connectivity index (χ2n) is 2.65. The Morgan fingerprint density at radius 3 is 2.93 bits per heavy atom. The van der Waals surface area contributed by atoms with E-state index >= 15 is 0 Å². The van der Waals surface area contributed by atoms with Crippen molar-refractivity contribution in [3.8, 4) is 0 Å². The Kier molecular flexibility index (Phi) is 2.67. The van der Waals surface area contributed by atoms with Crippen LogP contribution in [0.4, 0.5) is 5.69 Å². The Labute approximate surface area is 103 Å². The zero-order valence-electron chi connectivity index (χ0n) is 6.73. The lowest BCUT2D eigenvalue weighted by Crippen LogP contribution is -1.91. The number of halogens is 1. The third-order valence-electron chi connectivity index (χ3n) is 1.83. The van der Waals surface area contributed by atoms with E-state index in [-0.39, 0.29) is 10.6 Å². The summed E-state index contributed by atoms with van der Waals surface area (Å²) in [5.41, 5.74) is 0.102. The molecule has 0 N–H and O–H groups in total. The van der Waals surface area contributed by atoms with Crippen molar-refractivity contribution in [3.63, 3.8) is 0 Å². The van der Waals surface area contributed by atoms with Gasteiger partial charge in [0, 0.05) is 3.57 Å². The summed E-state index contributed by atoms with van der Waals surface area (Å²) in [4.78, 5) is 10.8. The van der Waals surface area contributed by atoms with Crippen molar-refractivity contribution >= 4 is 62.3 Å². The highest BCUT2D eigenvalue weighted by molar-refractivity contribution is 14.1. The fraction of sp³-hybridized carbons (Fsp3) is 0. The minimum absolute atomic E-state index is 0.102. The topological polar surface area (TPSA) is 43.1 Å². The first-order chi connectivity index (χ1) is 6.61. The van der Waals surface area contributed by atoms with Gasteiger partial charge < -0.3 is 0 Å². The molecule has 0 aliphatic rings. The van der Waals surface area contributed by atoms with E-state index in [1.807, 2.05) is 5.38 Å². The third-order valence-corrected chi connectivity index (χ3v) is 4.33. The number of hydrogen-bond acceptors (Lipinski definition) is 4. The van der Waals surface area contributed by atoms with Gasteiger partial charge in [-0.15, -0.1) is 24.0 Å². The van der Waals surface area contributed by atoms with Crippen molar-refractivity contribution in [2.24, 2.45) is 0 Å². The second kappa shape index (κ2) is 3.67. The van der Waals surface area contributed by atoms with E-state index in [2.05, 4.69) is 35.2 Å². The van der Waals surface area contributed by atoms with Crippen LogP contribution >= 0.6 is 46.6 Å². The Morgan fingerprint density at radius 2 is 2.29 bits per heavy atom. The van der Waals surface area contributed by atoms with Crippen molar-refractivity contribution < 1.29 is 4.92 Å². The zero-order chi connectivity index (χ0) is 10.3. The van der Waals surface area contributed by atoms with Crippen molar-refractivity contribution in [3.05, 3.63) is 31.2 Å². The van der Waals surface area contributed by atoms with Gasteiger partial charge in [0.25, 0.3) is 5.69 Å². The van der Waals surface area contributed by atoms with Gasteiger partial charge in [0.2, 0.25) is 0 Å². The van der Waals surface area contributed by atoms with Crippen molar-refractivity contribution in [2.75, 3.05) is 0 Å². The van der Waals surface area contributed by atoms with Crippen molar-refractivity contribution in [1.29, 1.82) is 0 Å². The van der Waals surface area contributed by atoms with E-state index in [9.17, 15) is 10.1 Å². The summed E-state index contributed by atoms with van der Waals surface area (Å²) >= 11 is 7.78. The number of nitro groups is 1. The Bertz CT molecular complexity index is 523. The van der Waals surface area contributed by atoms with Gasteiger partial charge in [-0.25, -0.2) is 0 Å². The number of thiol groups is 1. The summed E-state index contributed by atoms with van der Waals surface area (Å²) in [6.07, 6.45) is 0. The SMILES string of the molecule is O=[N+]([O-])c1c(S)cc(I)c2sccc12. The number of fused-ring (bicyclic) bond motifs is 1. The number of thiophene rings is 1. The summed E-state index contributed by atoms with van der Waals surface area (Å²) in [5, 5.41) is 13.3. The summed E-state index contributed by atoms with van der Waals surface area (Å²) in [6.45, 7) is 0. The summed E-state index contributed by atoms with van der Waals surface area (Å²) in [6, 6.07) is 3.49. The van der Waals surface area contributed by atoms with Crippen LogP contribution in [0, 0.1) is 13.7 Å². The Morgan fingerprint density at radius 1 is 1.57 bits per heavy atom. The third kappa shape index (κ3) is 1.51. The Hall–Kier alpha value is -0.340. The van der Waals surface area contributed by atoms with Crippen LogP contribution in [0.25, 0.3) is 10.1 Å². The van der Waals surface area contributed by atoms with Crippen LogP contribution in [0.3, 0.4) is 0 Å². The lowest BCUT2D eigenvalue weighted by molar-refractivity contribution is -0.385. The predicted molar refractivity (Wildman–Crippen MR) is 68.4 cm³/mol. The average molecular weight is 337 g/mol. The molecule has 0 bridgehead atoms. The predicted octanol–water partition coefficient (Wildman–Crippen LogP) is 3.70. The molecule has 0 fully saturated rings. The highest BCUT2D eigenvalue weighted by atomic mass is 127. The summed E-state index contributed by atoms with van der Waals surface area (Å²) in [5.74, 6) is 0. The van der Waals surface area contributed by atoms with E-state index in [0.29, 0.717) is 10.3 Å². The van der Waals surface area contributed by atoms with E-state index in [1.165, 1.54) is 11.3 Å². The van der Waals surface area contributed by atoms with Crippen LogP contribution in [-0.4, -0.2) is 4.92 Å². The molecule has 0 radical (unpaired) electrons. The quantitative estimate of drug-likeness (QED) is 0.373. The largest absolute Gasteiger partial charge is 0.291 e. The van der Waals surface area contributed by atoms with E-state index in [0.717, 1.165) is 8.27 Å². The van der Waals surface area contributed by atoms with E-state index < -0.39 is 0 Å². The lowest BCUT2D eigenvalue weighted by Gasteiger charge is -1.99. The molecular weight excluding hydrogens is 333 g/mol. The molecule has 0 saturated carbocycles. The molecule has 0 aliphatic heterocycles. The first-order valence-electron chi connectivity index (χ1n) is 3.64. The molecule has 3 nitrogen and oxygen atoms in total. The van der Waals surface area contributed by atoms with Gasteiger partial charge in [0.1, 0.15) is 0 Å².